The molecule has 10 heteroatoms. The Balaban J connectivity index is 2.21. The fraction of sp³-hybridized carbons (Fsp3) is 0.250. The van der Waals surface area contributed by atoms with E-state index < -0.39 is 34.9 Å². The lowest BCUT2D eigenvalue weighted by Gasteiger charge is -2.20. The van der Waals surface area contributed by atoms with Crippen molar-refractivity contribution in [1.82, 2.24) is 0 Å². The molecule has 1 aliphatic heterocycles. The Morgan fingerprint density at radius 1 is 1.09 bits per heavy atom. The summed E-state index contributed by atoms with van der Waals surface area (Å²) in [7, 11) is 0. The molecule has 0 spiro atoms. The zero-order chi connectivity index (χ0) is 25.2. The molecule has 0 fully saturated rings. The average molecular weight is 503 g/mol. The number of esters is 2. The van der Waals surface area contributed by atoms with Gasteiger partial charge in [0.15, 0.2) is 11.5 Å². The zero-order valence-corrected chi connectivity index (χ0v) is 20.6. The van der Waals surface area contributed by atoms with Gasteiger partial charge in [-0.1, -0.05) is 11.6 Å². The standard InChI is InChI=1S/C24H23ClN2O6S/c1-5-32-23(30)18-12(3)13(4)34-22(18)27-16(11-17(28)14-7-9-15(25)10-8-14)20(29)19(21(27)26)24(31)33-6-2/h7-11,26,29H,5-6H2,1-4H3/b16-11+,26-21?. The molecule has 8 nitrogen and oxygen atoms in total. The van der Waals surface area contributed by atoms with Crippen LogP contribution in [-0.2, 0) is 14.3 Å². The van der Waals surface area contributed by atoms with Crippen molar-refractivity contribution in [1.29, 1.82) is 5.41 Å². The van der Waals surface area contributed by atoms with Crippen molar-refractivity contribution >= 4 is 51.5 Å². The first-order valence-electron chi connectivity index (χ1n) is 10.4. The molecule has 1 aromatic carbocycles. The molecular formula is C24H23ClN2O6S. The number of anilines is 1. The molecule has 0 saturated carbocycles. The molecule has 178 valence electrons. The van der Waals surface area contributed by atoms with Gasteiger partial charge in [-0.2, -0.15) is 0 Å². The SMILES string of the molecule is CCOC(=O)C1=C(O)/C(=C\C(=O)c2ccc(Cl)cc2)N(c2sc(C)c(C)c2C(=O)OCC)C1=N. The molecule has 0 amide bonds. The summed E-state index contributed by atoms with van der Waals surface area (Å²) in [6.07, 6.45) is 1.11. The van der Waals surface area contributed by atoms with Gasteiger partial charge < -0.3 is 14.6 Å². The number of amidine groups is 1. The van der Waals surface area contributed by atoms with Crippen LogP contribution in [-0.4, -0.2) is 41.9 Å². The van der Waals surface area contributed by atoms with Crippen LogP contribution in [0.2, 0.25) is 5.02 Å². The molecule has 2 N–H and O–H groups in total. The van der Waals surface area contributed by atoms with Gasteiger partial charge in [-0.05, 0) is 57.5 Å². The minimum atomic E-state index is -0.917. The summed E-state index contributed by atoms with van der Waals surface area (Å²) in [5, 5.41) is 20.3. The number of benzene rings is 1. The number of rotatable bonds is 7. The molecule has 0 radical (unpaired) electrons. The number of halogens is 1. The minimum absolute atomic E-state index is 0.0247. The van der Waals surface area contributed by atoms with Crippen LogP contribution >= 0.6 is 22.9 Å². The number of allylic oxidation sites excluding steroid dienone is 1. The van der Waals surface area contributed by atoms with Gasteiger partial charge in [-0.25, -0.2) is 9.59 Å². The molecule has 0 bridgehead atoms. The number of nitrogens with zero attached hydrogens (tertiary/aromatic N) is 1. The summed E-state index contributed by atoms with van der Waals surface area (Å²) >= 11 is 7.08. The Kier molecular flexibility index (Phi) is 7.58. The molecule has 1 aliphatic rings. The van der Waals surface area contributed by atoms with Crippen molar-refractivity contribution < 1.29 is 29.0 Å². The Morgan fingerprint density at radius 3 is 2.26 bits per heavy atom. The lowest BCUT2D eigenvalue weighted by Crippen LogP contribution is -2.28. The van der Waals surface area contributed by atoms with E-state index in [1.165, 1.54) is 28.4 Å². The third-order valence-corrected chi connectivity index (χ3v) is 6.55. The molecule has 3 rings (SSSR count). The highest BCUT2D eigenvalue weighted by atomic mass is 35.5. The van der Waals surface area contributed by atoms with Crippen LogP contribution in [0.5, 0.6) is 0 Å². The Morgan fingerprint density at radius 2 is 1.68 bits per heavy atom. The van der Waals surface area contributed by atoms with Gasteiger partial charge in [0.25, 0.3) is 0 Å². The number of aliphatic hydroxyl groups is 1. The third kappa shape index (κ3) is 4.62. The Bertz CT molecular complexity index is 1240. The summed E-state index contributed by atoms with van der Waals surface area (Å²) < 4.78 is 10.2. The first kappa shape index (κ1) is 25.2. The summed E-state index contributed by atoms with van der Waals surface area (Å²) in [4.78, 5) is 40.3. The monoisotopic (exact) mass is 502 g/mol. The predicted molar refractivity (Wildman–Crippen MR) is 130 cm³/mol. The second kappa shape index (κ2) is 10.2. The maximum absolute atomic E-state index is 13.0. The molecule has 1 aromatic heterocycles. The molecule has 0 atom stereocenters. The highest BCUT2D eigenvalue weighted by Crippen LogP contribution is 2.43. The second-order valence-corrected chi connectivity index (χ2v) is 8.85. The lowest BCUT2D eigenvalue weighted by molar-refractivity contribution is -0.138. The smallest absolute Gasteiger partial charge is 0.345 e. The topological polar surface area (TPSA) is 117 Å². The van der Waals surface area contributed by atoms with Crippen LogP contribution < -0.4 is 4.90 Å². The summed E-state index contributed by atoms with van der Waals surface area (Å²) in [5.41, 5.74) is 0.579. The highest BCUT2D eigenvalue weighted by Gasteiger charge is 2.41. The number of ketones is 1. The van der Waals surface area contributed by atoms with Crippen molar-refractivity contribution in [3.63, 3.8) is 0 Å². The number of carbonyl (C=O) groups is 3. The Labute approximate surface area is 205 Å². The molecule has 2 aromatic rings. The van der Waals surface area contributed by atoms with E-state index in [4.69, 9.17) is 26.5 Å². The van der Waals surface area contributed by atoms with E-state index in [0.29, 0.717) is 10.6 Å². The summed E-state index contributed by atoms with van der Waals surface area (Å²) in [6.45, 7) is 6.97. The predicted octanol–water partition coefficient (Wildman–Crippen LogP) is 5.13. The molecule has 0 unspecified atom stereocenters. The van der Waals surface area contributed by atoms with Crippen LogP contribution in [0.4, 0.5) is 5.00 Å². The lowest BCUT2D eigenvalue weighted by atomic mass is 10.1. The minimum Gasteiger partial charge on any atom is -0.505 e. The number of aliphatic hydroxyl groups excluding tert-OH is 1. The number of aryl methyl sites for hydroxylation is 1. The largest absolute Gasteiger partial charge is 0.505 e. The van der Waals surface area contributed by atoms with Gasteiger partial charge in [0.2, 0.25) is 0 Å². The first-order chi connectivity index (χ1) is 16.1. The summed E-state index contributed by atoms with van der Waals surface area (Å²) in [6, 6.07) is 6.13. The van der Waals surface area contributed by atoms with Gasteiger partial charge in [0, 0.05) is 21.5 Å². The first-order valence-corrected chi connectivity index (χ1v) is 11.6. The molecule has 34 heavy (non-hydrogen) atoms. The van der Waals surface area contributed by atoms with E-state index in [9.17, 15) is 19.5 Å². The quantitative estimate of drug-likeness (QED) is 0.306. The average Bonchev–Trinajstić information content (AvgIpc) is 3.20. The second-order valence-electron chi connectivity index (χ2n) is 7.21. The number of hydrogen-bond acceptors (Lipinski definition) is 8. The molecular weight excluding hydrogens is 480 g/mol. The number of thiophene rings is 1. The number of ether oxygens (including phenoxy) is 2. The number of nitrogens with one attached hydrogen (secondary N) is 1. The van der Waals surface area contributed by atoms with Gasteiger partial charge >= 0.3 is 11.9 Å². The van der Waals surface area contributed by atoms with Gasteiger partial charge in [-0.3, -0.25) is 15.1 Å². The van der Waals surface area contributed by atoms with E-state index in [2.05, 4.69) is 0 Å². The van der Waals surface area contributed by atoms with E-state index in [1.807, 2.05) is 0 Å². The van der Waals surface area contributed by atoms with E-state index in [-0.39, 0.29) is 35.0 Å². The fourth-order valence-electron chi connectivity index (χ4n) is 3.35. The molecule has 2 heterocycles. The van der Waals surface area contributed by atoms with Gasteiger partial charge in [0.05, 0.1) is 24.5 Å². The number of hydrogen-bond donors (Lipinski definition) is 2. The van der Waals surface area contributed by atoms with E-state index >= 15 is 0 Å². The van der Waals surface area contributed by atoms with Crippen LogP contribution in [0.25, 0.3) is 0 Å². The number of carbonyl (C=O) groups excluding carboxylic acids is 3. The van der Waals surface area contributed by atoms with Crippen molar-refractivity contribution in [3.8, 4) is 0 Å². The van der Waals surface area contributed by atoms with Gasteiger partial charge in [0.1, 0.15) is 16.4 Å². The Hall–Kier alpha value is -3.43. The van der Waals surface area contributed by atoms with E-state index in [1.54, 1.807) is 39.8 Å². The van der Waals surface area contributed by atoms with Crippen molar-refractivity contribution in [2.75, 3.05) is 18.1 Å². The highest BCUT2D eigenvalue weighted by molar-refractivity contribution is 7.17. The van der Waals surface area contributed by atoms with Crippen LogP contribution in [0, 0.1) is 19.3 Å². The van der Waals surface area contributed by atoms with Crippen LogP contribution in [0.3, 0.4) is 0 Å². The van der Waals surface area contributed by atoms with Crippen molar-refractivity contribution in [2.45, 2.75) is 27.7 Å². The maximum atomic E-state index is 13.0. The van der Waals surface area contributed by atoms with Crippen LogP contribution in [0.15, 0.2) is 47.4 Å². The fourth-order valence-corrected chi connectivity index (χ4v) is 4.64. The van der Waals surface area contributed by atoms with Crippen molar-refractivity contribution in [2.24, 2.45) is 0 Å². The van der Waals surface area contributed by atoms with E-state index in [0.717, 1.165) is 11.0 Å². The third-order valence-electron chi connectivity index (χ3n) is 5.11. The maximum Gasteiger partial charge on any atom is 0.345 e. The molecule has 0 aliphatic carbocycles. The molecule has 0 saturated heterocycles. The van der Waals surface area contributed by atoms with Crippen molar-refractivity contribution in [3.05, 3.63) is 74.0 Å². The van der Waals surface area contributed by atoms with Crippen LogP contribution in [0.1, 0.15) is 45.0 Å². The normalized spacial score (nSPS) is 14.7. The summed E-state index contributed by atoms with van der Waals surface area (Å²) in [5.74, 6) is -3.04. The van der Waals surface area contributed by atoms with Gasteiger partial charge in [-0.15, -0.1) is 11.3 Å². The zero-order valence-electron chi connectivity index (χ0n) is 19.0.